The molecular formula is C23H27N3O4S. The maximum Gasteiger partial charge on any atom is 0.240 e. The predicted molar refractivity (Wildman–Crippen MR) is 122 cm³/mol. The van der Waals surface area contributed by atoms with Crippen molar-refractivity contribution in [1.82, 2.24) is 9.78 Å². The van der Waals surface area contributed by atoms with Gasteiger partial charge in [-0.1, -0.05) is 43.7 Å². The summed E-state index contributed by atoms with van der Waals surface area (Å²) in [5.41, 5.74) is 3.19. The third-order valence-electron chi connectivity index (χ3n) is 4.58. The number of sulfone groups is 1. The lowest BCUT2D eigenvalue weighted by atomic mass is 10.1. The van der Waals surface area contributed by atoms with Gasteiger partial charge in [-0.15, -0.1) is 0 Å². The molecule has 31 heavy (non-hydrogen) atoms. The molecule has 0 atom stereocenters. The highest BCUT2D eigenvalue weighted by Gasteiger charge is 2.21. The molecule has 0 saturated heterocycles. The maximum absolute atomic E-state index is 12.6. The Kier molecular flexibility index (Phi) is 6.80. The first kappa shape index (κ1) is 22.6. The minimum atomic E-state index is -3.50. The molecule has 0 saturated carbocycles. The molecule has 164 valence electrons. The number of hydrogen-bond acceptors (Lipinski definition) is 5. The Morgan fingerprint density at radius 3 is 2.45 bits per heavy atom. The topological polar surface area (TPSA) is 90.3 Å². The third kappa shape index (κ3) is 5.73. The van der Waals surface area contributed by atoms with E-state index in [4.69, 9.17) is 4.74 Å². The largest absolute Gasteiger partial charge is 0.496 e. The zero-order chi connectivity index (χ0) is 22.6. The van der Waals surface area contributed by atoms with E-state index < -0.39 is 21.5 Å². The zero-order valence-electron chi connectivity index (χ0n) is 18.1. The van der Waals surface area contributed by atoms with Crippen molar-refractivity contribution < 1.29 is 17.9 Å². The second kappa shape index (κ2) is 9.34. The number of nitrogens with one attached hydrogen (secondary N) is 1. The fraction of sp³-hybridized carbons (Fsp3) is 0.304. The van der Waals surface area contributed by atoms with Gasteiger partial charge in [-0.25, -0.2) is 13.1 Å². The summed E-state index contributed by atoms with van der Waals surface area (Å²) in [6, 6.07) is 16.8. The van der Waals surface area contributed by atoms with Crippen molar-refractivity contribution in [2.75, 3.05) is 23.9 Å². The Labute approximate surface area is 183 Å². The lowest BCUT2D eigenvalue weighted by molar-refractivity contribution is -0.113. The van der Waals surface area contributed by atoms with Gasteiger partial charge >= 0.3 is 0 Å². The van der Waals surface area contributed by atoms with Crippen LogP contribution in [0.15, 0.2) is 54.6 Å². The molecule has 0 aliphatic carbocycles. The number of aromatic nitrogens is 2. The number of hydrogen-bond donors (Lipinski definition) is 1. The van der Waals surface area contributed by atoms with Crippen molar-refractivity contribution in [1.29, 1.82) is 0 Å². The van der Waals surface area contributed by atoms with E-state index in [1.54, 1.807) is 31.7 Å². The Bertz CT molecular complexity index is 1170. The number of anilines is 1. The van der Waals surface area contributed by atoms with Gasteiger partial charge in [-0.2, -0.15) is 5.10 Å². The molecule has 3 rings (SSSR count). The average Bonchev–Trinajstić information content (AvgIpc) is 3.10. The van der Waals surface area contributed by atoms with E-state index in [0.29, 0.717) is 17.3 Å². The van der Waals surface area contributed by atoms with E-state index in [0.717, 1.165) is 16.8 Å². The van der Waals surface area contributed by atoms with Gasteiger partial charge in [0.15, 0.2) is 9.84 Å². The van der Waals surface area contributed by atoms with E-state index in [-0.39, 0.29) is 11.7 Å². The lowest BCUT2D eigenvalue weighted by Crippen LogP contribution is -2.27. The molecular weight excluding hydrogens is 414 g/mol. The second-order valence-corrected chi connectivity index (χ2v) is 9.97. The molecule has 3 aromatic rings. The van der Waals surface area contributed by atoms with E-state index >= 15 is 0 Å². The molecule has 0 aliphatic rings. The molecule has 1 N–H and O–H groups in total. The fourth-order valence-electron chi connectivity index (χ4n) is 3.29. The number of ether oxygens (including phenoxy) is 1. The van der Waals surface area contributed by atoms with Crippen LogP contribution in [0.3, 0.4) is 0 Å². The van der Waals surface area contributed by atoms with E-state index in [2.05, 4.69) is 10.4 Å². The highest BCUT2D eigenvalue weighted by molar-refractivity contribution is 7.92. The van der Waals surface area contributed by atoms with E-state index in [9.17, 15) is 13.2 Å². The Morgan fingerprint density at radius 1 is 1.13 bits per heavy atom. The number of amides is 1. The van der Waals surface area contributed by atoms with Crippen LogP contribution < -0.4 is 10.1 Å². The molecule has 0 unspecified atom stereocenters. The Morgan fingerprint density at radius 2 is 1.81 bits per heavy atom. The molecule has 0 bridgehead atoms. The molecule has 1 heterocycles. The normalized spacial score (nSPS) is 11.5. The van der Waals surface area contributed by atoms with Gasteiger partial charge in [0.25, 0.3) is 0 Å². The standard InChI is InChI=1S/C23H27N3O4S/c1-16(2)14-31(28,29)15-23(27)24-22-13-20(19-7-5-6-8-21(19)30-4)25-26(22)18-11-9-17(3)10-12-18/h5-13,16H,14-15H2,1-4H3,(H,24,27). The van der Waals surface area contributed by atoms with Crippen LogP contribution >= 0.6 is 0 Å². The predicted octanol–water partition coefficient (Wildman–Crippen LogP) is 3.87. The first-order chi connectivity index (χ1) is 14.7. The smallest absolute Gasteiger partial charge is 0.240 e. The summed E-state index contributed by atoms with van der Waals surface area (Å²) in [5, 5.41) is 7.38. The van der Waals surface area contributed by atoms with Gasteiger partial charge in [0.1, 0.15) is 17.3 Å². The molecule has 8 heteroatoms. The maximum atomic E-state index is 12.6. The van der Waals surface area contributed by atoms with Crippen LogP contribution in [0.4, 0.5) is 5.82 Å². The number of carbonyl (C=O) groups excluding carboxylic acids is 1. The Balaban J connectivity index is 1.98. The van der Waals surface area contributed by atoms with Crippen molar-refractivity contribution in [3.8, 4) is 22.7 Å². The summed E-state index contributed by atoms with van der Waals surface area (Å²) in [6.45, 7) is 5.60. The van der Waals surface area contributed by atoms with Crippen LogP contribution in [0.1, 0.15) is 19.4 Å². The van der Waals surface area contributed by atoms with Crippen molar-refractivity contribution >= 4 is 21.6 Å². The molecule has 0 aliphatic heterocycles. The second-order valence-electron chi connectivity index (χ2n) is 7.86. The number of methoxy groups -OCH3 is 1. The van der Waals surface area contributed by atoms with Gasteiger partial charge in [-0.3, -0.25) is 4.79 Å². The summed E-state index contributed by atoms with van der Waals surface area (Å²) in [5.74, 6) is -0.227. The summed E-state index contributed by atoms with van der Waals surface area (Å²) in [4.78, 5) is 12.6. The first-order valence-electron chi connectivity index (χ1n) is 9.99. The number of para-hydroxylation sites is 1. The van der Waals surface area contributed by atoms with Crippen LogP contribution in [-0.2, 0) is 14.6 Å². The van der Waals surface area contributed by atoms with Crippen molar-refractivity contribution in [3.05, 3.63) is 60.2 Å². The minimum absolute atomic E-state index is 0.0376. The number of carbonyl (C=O) groups is 1. The summed E-state index contributed by atoms with van der Waals surface area (Å²) in [6.07, 6.45) is 0. The van der Waals surface area contributed by atoms with Crippen molar-refractivity contribution in [2.24, 2.45) is 5.92 Å². The zero-order valence-corrected chi connectivity index (χ0v) is 18.9. The SMILES string of the molecule is COc1ccccc1-c1cc(NC(=O)CS(=O)(=O)CC(C)C)n(-c2ccc(C)cc2)n1. The third-order valence-corrected chi connectivity index (χ3v) is 6.45. The first-order valence-corrected chi connectivity index (χ1v) is 11.8. The molecule has 0 radical (unpaired) electrons. The number of benzene rings is 2. The number of nitrogens with zero attached hydrogens (tertiary/aromatic N) is 2. The Hall–Kier alpha value is -3.13. The molecule has 1 amide bonds. The van der Waals surface area contributed by atoms with Crippen LogP contribution in [-0.4, -0.2) is 42.7 Å². The molecule has 0 spiro atoms. The van der Waals surface area contributed by atoms with Crippen molar-refractivity contribution in [3.63, 3.8) is 0 Å². The minimum Gasteiger partial charge on any atom is -0.496 e. The highest BCUT2D eigenvalue weighted by atomic mass is 32.2. The summed E-state index contributed by atoms with van der Waals surface area (Å²) in [7, 11) is -1.92. The summed E-state index contributed by atoms with van der Waals surface area (Å²) < 4.78 is 31.5. The van der Waals surface area contributed by atoms with Gasteiger partial charge in [0.05, 0.1) is 24.2 Å². The van der Waals surface area contributed by atoms with Crippen LogP contribution in [0, 0.1) is 12.8 Å². The van der Waals surface area contributed by atoms with Gasteiger partial charge in [0.2, 0.25) is 5.91 Å². The quantitative estimate of drug-likeness (QED) is 0.573. The molecule has 0 fully saturated rings. The monoisotopic (exact) mass is 441 g/mol. The summed E-state index contributed by atoms with van der Waals surface area (Å²) >= 11 is 0. The van der Waals surface area contributed by atoms with E-state index in [1.165, 1.54) is 0 Å². The van der Waals surface area contributed by atoms with E-state index in [1.807, 2.05) is 55.5 Å². The molecule has 1 aromatic heterocycles. The average molecular weight is 442 g/mol. The van der Waals surface area contributed by atoms with Gasteiger partial charge in [0, 0.05) is 11.6 Å². The van der Waals surface area contributed by atoms with Gasteiger partial charge < -0.3 is 10.1 Å². The molecule has 7 nitrogen and oxygen atoms in total. The van der Waals surface area contributed by atoms with Gasteiger partial charge in [-0.05, 0) is 37.1 Å². The highest BCUT2D eigenvalue weighted by Crippen LogP contribution is 2.31. The number of rotatable bonds is 8. The van der Waals surface area contributed by atoms with Crippen molar-refractivity contribution in [2.45, 2.75) is 20.8 Å². The van der Waals surface area contributed by atoms with Crippen LogP contribution in [0.5, 0.6) is 5.75 Å². The fourth-order valence-corrected chi connectivity index (χ4v) is 4.89. The van der Waals surface area contributed by atoms with Crippen LogP contribution in [0.2, 0.25) is 0 Å². The van der Waals surface area contributed by atoms with Crippen LogP contribution in [0.25, 0.3) is 16.9 Å². The lowest BCUT2D eigenvalue weighted by Gasteiger charge is -2.10. The molecule has 2 aromatic carbocycles. The number of aryl methyl sites for hydroxylation is 1.